The number of aryl methyl sites for hydroxylation is 1. The first-order valence-corrected chi connectivity index (χ1v) is 7.88. The van der Waals surface area contributed by atoms with Gasteiger partial charge in [0.1, 0.15) is 6.33 Å². The first kappa shape index (κ1) is 14.4. The molecule has 0 bridgehead atoms. The predicted molar refractivity (Wildman–Crippen MR) is 91.6 cm³/mol. The molecular weight excluding hydrogens is 302 g/mol. The number of hydrogen-bond acceptors (Lipinski definition) is 5. The Morgan fingerprint density at radius 2 is 2.00 bits per heavy atom. The van der Waals surface area contributed by atoms with Gasteiger partial charge in [-0.05, 0) is 18.6 Å². The average molecular weight is 319 g/mol. The molecule has 120 valence electrons. The molecule has 0 aliphatic rings. The molecule has 0 saturated heterocycles. The van der Waals surface area contributed by atoms with Gasteiger partial charge in [-0.3, -0.25) is 4.68 Å². The van der Waals surface area contributed by atoms with Crippen LogP contribution in [0.25, 0.3) is 16.9 Å². The molecule has 4 rings (SSSR count). The molecule has 0 aliphatic heterocycles. The fourth-order valence-corrected chi connectivity index (χ4v) is 2.60. The van der Waals surface area contributed by atoms with Crippen LogP contribution in [0.5, 0.6) is 0 Å². The van der Waals surface area contributed by atoms with Crippen LogP contribution in [0.2, 0.25) is 0 Å². The molecule has 3 heterocycles. The quantitative estimate of drug-likeness (QED) is 0.553. The number of fused-ring (bicyclic) bond motifs is 1. The van der Waals surface area contributed by atoms with Gasteiger partial charge in [0.15, 0.2) is 0 Å². The van der Waals surface area contributed by atoms with E-state index in [9.17, 15) is 0 Å². The molecule has 0 atom stereocenters. The van der Waals surface area contributed by atoms with Crippen molar-refractivity contribution in [3.8, 4) is 11.3 Å². The molecule has 0 amide bonds. The van der Waals surface area contributed by atoms with Gasteiger partial charge in [-0.1, -0.05) is 30.3 Å². The van der Waals surface area contributed by atoms with Crippen molar-refractivity contribution in [2.75, 3.05) is 11.9 Å². The first-order chi connectivity index (χ1) is 11.9. The van der Waals surface area contributed by atoms with Crippen LogP contribution < -0.4 is 5.32 Å². The topological polar surface area (TPSA) is 72.9 Å². The van der Waals surface area contributed by atoms with Crippen molar-refractivity contribution < 1.29 is 0 Å². The summed E-state index contributed by atoms with van der Waals surface area (Å²) < 4.78 is 3.63. The van der Waals surface area contributed by atoms with Gasteiger partial charge in [0.25, 0.3) is 0 Å². The molecule has 0 saturated carbocycles. The van der Waals surface area contributed by atoms with E-state index in [1.807, 2.05) is 53.3 Å². The third-order valence-corrected chi connectivity index (χ3v) is 3.78. The van der Waals surface area contributed by atoms with Crippen molar-refractivity contribution in [3.63, 3.8) is 0 Å². The summed E-state index contributed by atoms with van der Waals surface area (Å²) in [5.74, 6) is 0. The molecule has 7 heteroatoms. The molecule has 24 heavy (non-hydrogen) atoms. The minimum Gasteiger partial charge on any atom is -0.382 e. The fraction of sp³-hybridized carbons (Fsp3) is 0.176. The monoisotopic (exact) mass is 319 g/mol. The molecule has 3 aromatic heterocycles. The summed E-state index contributed by atoms with van der Waals surface area (Å²) >= 11 is 0. The lowest BCUT2D eigenvalue weighted by Gasteiger charge is -2.09. The van der Waals surface area contributed by atoms with Crippen LogP contribution in [0.3, 0.4) is 0 Å². The van der Waals surface area contributed by atoms with Crippen molar-refractivity contribution in [1.82, 2.24) is 29.6 Å². The van der Waals surface area contributed by atoms with Gasteiger partial charge in [-0.15, -0.1) is 10.2 Å². The van der Waals surface area contributed by atoms with E-state index in [1.54, 1.807) is 17.0 Å². The summed E-state index contributed by atoms with van der Waals surface area (Å²) in [5, 5.41) is 20.3. The number of nitrogens with zero attached hydrogens (tertiary/aromatic N) is 6. The molecule has 1 N–H and O–H groups in total. The van der Waals surface area contributed by atoms with Crippen molar-refractivity contribution in [3.05, 3.63) is 61.2 Å². The van der Waals surface area contributed by atoms with Gasteiger partial charge in [0.2, 0.25) is 5.65 Å². The molecule has 0 aliphatic carbocycles. The molecular formula is C17H17N7. The third kappa shape index (κ3) is 2.96. The van der Waals surface area contributed by atoms with Crippen molar-refractivity contribution >= 4 is 11.3 Å². The third-order valence-electron chi connectivity index (χ3n) is 3.78. The van der Waals surface area contributed by atoms with Gasteiger partial charge in [0, 0.05) is 31.0 Å². The van der Waals surface area contributed by atoms with Gasteiger partial charge in [0.05, 0.1) is 11.4 Å². The van der Waals surface area contributed by atoms with E-state index in [4.69, 9.17) is 0 Å². The number of hydrogen-bond donors (Lipinski definition) is 1. The van der Waals surface area contributed by atoms with Crippen LogP contribution in [-0.2, 0) is 6.54 Å². The molecule has 4 aromatic rings. The second-order valence-corrected chi connectivity index (χ2v) is 5.46. The summed E-state index contributed by atoms with van der Waals surface area (Å²) in [6, 6.07) is 14.0. The zero-order valence-corrected chi connectivity index (χ0v) is 13.1. The maximum absolute atomic E-state index is 4.57. The summed E-state index contributed by atoms with van der Waals surface area (Å²) in [5.41, 5.74) is 3.61. The van der Waals surface area contributed by atoms with E-state index in [2.05, 4.69) is 25.7 Å². The van der Waals surface area contributed by atoms with Crippen LogP contribution in [0.15, 0.2) is 61.2 Å². The zero-order chi connectivity index (χ0) is 16.2. The average Bonchev–Trinajstić information content (AvgIpc) is 3.30. The summed E-state index contributed by atoms with van der Waals surface area (Å²) in [7, 11) is 0. The molecule has 0 radical (unpaired) electrons. The Morgan fingerprint density at radius 3 is 2.83 bits per heavy atom. The number of benzene rings is 1. The van der Waals surface area contributed by atoms with Crippen LogP contribution in [-0.4, -0.2) is 36.1 Å². The normalized spacial score (nSPS) is 11.0. The second-order valence-electron chi connectivity index (χ2n) is 5.46. The highest BCUT2D eigenvalue weighted by atomic mass is 15.3. The standard InChI is InChI=1S/C17H17N7/c1-2-6-14(7-3-1)15-12-16(17-21-19-13-24(17)22-15)18-8-4-10-23-11-5-9-20-23/h1-3,5-7,9,11-13,18H,4,8,10H2. The minimum atomic E-state index is 0.730. The number of rotatable bonds is 6. The van der Waals surface area contributed by atoms with Crippen LogP contribution in [0, 0.1) is 0 Å². The Labute approximate surface area is 139 Å². The smallest absolute Gasteiger partial charge is 0.200 e. The second kappa shape index (κ2) is 6.49. The molecule has 0 spiro atoms. The first-order valence-electron chi connectivity index (χ1n) is 7.88. The van der Waals surface area contributed by atoms with E-state index in [1.165, 1.54) is 0 Å². The highest BCUT2D eigenvalue weighted by Crippen LogP contribution is 2.22. The lowest BCUT2D eigenvalue weighted by Crippen LogP contribution is -2.09. The minimum absolute atomic E-state index is 0.730. The van der Waals surface area contributed by atoms with Crippen molar-refractivity contribution in [1.29, 1.82) is 0 Å². The Morgan fingerprint density at radius 1 is 1.08 bits per heavy atom. The molecule has 1 aromatic carbocycles. The predicted octanol–water partition coefficient (Wildman–Crippen LogP) is 2.49. The van der Waals surface area contributed by atoms with Crippen LogP contribution in [0.1, 0.15) is 6.42 Å². The summed E-state index contributed by atoms with van der Waals surface area (Å²) in [4.78, 5) is 0. The largest absolute Gasteiger partial charge is 0.382 e. The number of aromatic nitrogens is 6. The van der Waals surface area contributed by atoms with Gasteiger partial charge < -0.3 is 5.32 Å². The van der Waals surface area contributed by atoms with Gasteiger partial charge >= 0.3 is 0 Å². The van der Waals surface area contributed by atoms with Gasteiger partial charge in [-0.25, -0.2) is 0 Å². The zero-order valence-electron chi connectivity index (χ0n) is 13.1. The summed E-state index contributed by atoms with van der Waals surface area (Å²) in [6.45, 7) is 1.69. The van der Waals surface area contributed by atoms with E-state index in [0.29, 0.717) is 0 Å². The molecule has 0 fully saturated rings. The Kier molecular flexibility index (Phi) is 3.89. The lowest BCUT2D eigenvalue weighted by atomic mass is 10.1. The fourth-order valence-electron chi connectivity index (χ4n) is 2.60. The van der Waals surface area contributed by atoms with Crippen LogP contribution in [0.4, 0.5) is 5.69 Å². The molecule has 7 nitrogen and oxygen atoms in total. The molecule has 0 unspecified atom stereocenters. The maximum atomic E-state index is 4.57. The highest BCUT2D eigenvalue weighted by molar-refractivity contribution is 5.73. The Bertz CT molecular complexity index is 913. The number of anilines is 1. The van der Waals surface area contributed by atoms with Gasteiger partial charge in [-0.2, -0.15) is 14.7 Å². The lowest BCUT2D eigenvalue weighted by molar-refractivity contribution is 0.592. The van der Waals surface area contributed by atoms with E-state index in [0.717, 1.165) is 42.1 Å². The SMILES string of the molecule is c1ccc(-c2cc(NCCCn3cccn3)c3nncn3n2)cc1. The van der Waals surface area contributed by atoms with E-state index in [-0.39, 0.29) is 0 Å². The van der Waals surface area contributed by atoms with Crippen LogP contribution >= 0.6 is 0 Å². The Balaban J connectivity index is 1.54. The van der Waals surface area contributed by atoms with E-state index < -0.39 is 0 Å². The highest BCUT2D eigenvalue weighted by Gasteiger charge is 2.09. The number of nitrogens with one attached hydrogen (secondary N) is 1. The summed E-state index contributed by atoms with van der Waals surface area (Å²) in [6.07, 6.45) is 6.35. The van der Waals surface area contributed by atoms with E-state index >= 15 is 0 Å². The maximum Gasteiger partial charge on any atom is 0.200 e. The van der Waals surface area contributed by atoms with Crippen molar-refractivity contribution in [2.24, 2.45) is 0 Å². The Hall–Kier alpha value is -3.22. The van der Waals surface area contributed by atoms with Crippen molar-refractivity contribution in [2.45, 2.75) is 13.0 Å².